The number of halogens is 4. The number of carbonyl (C=O) groups is 2. The second kappa shape index (κ2) is 8.23. The monoisotopic (exact) mass is 384 g/mol. The van der Waals surface area contributed by atoms with Crippen LogP contribution in [0.5, 0.6) is 0 Å². The summed E-state index contributed by atoms with van der Waals surface area (Å²) in [7, 11) is 0. The number of alkyl halides is 3. The fourth-order valence-electron chi connectivity index (χ4n) is 2.18. The summed E-state index contributed by atoms with van der Waals surface area (Å²) in [5.41, 5.74) is 0.359. The van der Waals surface area contributed by atoms with Gasteiger partial charge in [-0.2, -0.15) is 13.2 Å². The highest BCUT2D eigenvalue weighted by Gasteiger charge is 2.33. The van der Waals surface area contributed by atoms with Crippen molar-refractivity contribution in [3.63, 3.8) is 0 Å². The largest absolute Gasteiger partial charge is 0.417 e. The molecule has 0 saturated heterocycles. The van der Waals surface area contributed by atoms with Crippen molar-refractivity contribution in [2.75, 3.05) is 17.2 Å². The van der Waals surface area contributed by atoms with Crippen LogP contribution in [0.3, 0.4) is 0 Å². The van der Waals surface area contributed by atoms with Crippen LogP contribution >= 0.6 is 11.6 Å². The Morgan fingerprint density at radius 2 is 1.65 bits per heavy atom. The molecule has 0 heterocycles. The zero-order valence-electron chi connectivity index (χ0n) is 13.8. The van der Waals surface area contributed by atoms with Crippen LogP contribution in [0.2, 0.25) is 5.02 Å². The third kappa shape index (κ3) is 5.49. The first-order valence-corrected chi connectivity index (χ1v) is 8.06. The van der Waals surface area contributed by atoms with E-state index in [0.29, 0.717) is 11.3 Å². The van der Waals surface area contributed by atoms with Crippen LogP contribution in [0.15, 0.2) is 42.5 Å². The smallest absolute Gasteiger partial charge is 0.385 e. The summed E-state index contributed by atoms with van der Waals surface area (Å²) in [6.07, 6.45) is -4.49. The molecule has 1 amide bonds. The van der Waals surface area contributed by atoms with Crippen LogP contribution < -0.4 is 10.6 Å². The molecule has 0 radical (unpaired) electrons. The van der Waals surface area contributed by atoms with E-state index in [9.17, 15) is 22.8 Å². The molecule has 0 atom stereocenters. The van der Waals surface area contributed by atoms with Gasteiger partial charge >= 0.3 is 6.18 Å². The molecule has 0 aliphatic heterocycles. The number of hydrogen-bond acceptors (Lipinski definition) is 3. The van der Waals surface area contributed by atoms with Gasteiger partial charge in [0.05, 0.1) is 10.6 Å². The van der Waals surface area contributed by atoms with Gasteiger partial charge in [-0.15, -0.1) is 0 Å². The molecule has 0 spiro atoms. The molecule has 0 aliphatic rings. The number of nitrogens with one attached hydrogen (secondary N) is 2. The van der Waals surface area contributed by atoms with Crippen LogP contribution in [-0.4, -0.2) is 18.2 Å². The minimum atomic E-state index is -4.54. The molecule has 8 heteroatoms. The molecule has 138 valence electrons. The summed E-state index contributed by atoms with van der Waals surface area (Å²) in [6, 6.07) is 9.89. The fraction of sp³-hybridized carbons (Fsp3) is 0.222. The molecule has 0 fully saturated rings. The zero-order valence-corrected chi connectivity index (χ0v) is 14.5. The average molecular weight is 385 g/mol. The Balaban J connectivity index is 1.87. The van der Waals surface area contributed by atoms with Crippen molar-refractivity contribution in [2.24, 2.45) is 0 Å². The molecule has 26 heavy (non-hydrogen) atoms. The van der Waals surface area contributed by atoms with Crippen molar-refractivity contribution >= 4 is 34.7 Å². The van der Waals surface area contributed by atoms with Crippen LogP contribution in [0, 0.1) is 0 Å². The summed E-state index contributed by atoms with van der Waals surface area (Å²) in [5, 5.41) is 5.03. The van der Waals surface area contributed by atoms with Gasteiger partial charge in [0.15, 0.2) is 5.78 Å². The van der Waals surface area contributed by atoms with E-state index in [2.05, 4.69) is 10.6 Å². The molecule has 0 bridgehead atoms. The fourth-order valence-corrected chi connectivity index (χ4v) is 2.41. The molecule has 0 aromatic heterocycles. The maximum Gasteiger partial charge on any atom is 0.417 e. The summed E-state index contributed by atoms with van der Waals surface area (Å²) in [6.45, 7) is 1.59. The van der Waals surface area contributed by atoms with Crippen molar-refractivity contribution in [1.82, 2.24) is 0 Å². The van der Waals surface area contributed by atoms with E-state index in [-0.39, 0.29) is 35.4 Å². The number of carbonyl (C=O) groups excluding carboxylic acids is 2. The van der Waals surface area contributed by atoms with Gasteiger partial charge in [-0.05, 0) is 49.4 Å². The number of anilines is 2. The van der Waals surface area contributed by atoms with Crippen LogP contribution in [0.4, 0.5) is 24.5 Å². The highest BCUT2D eigenvalue weighted by Crippen LogP contribution is 2.36. The molecule has 2 N–H and O–H groups in total. The third-order valence-corrected chi connectivity index (χ3v) is 3.86. The van der Waals surface area contributed by atoms with Gasteiger partial charge in [0.25, 0.3) is 0 Å². The lowest BCUT2D eigenvalue weighted by Crippen LogP contribution is -2.16. The van der Waals surface area contributed by atoms with Gasteiger partial charge in [-0.1, -0.05) is 11.6 Å². The lowest BCUT2D eigenvalue weighted by atomic mass is 10.1. The molecule has 2 aromatic carbocycles. The van der Waals surface area contributed by atoms with Crippen molar-refractivity contribution in [1.29, 1.82) is 0 Å². The Kier molecular flexibility index (Phi) is 6.26. The number of Topliss-reactive ketones (excluding diaryl/α,β-unsaturated/α-hetero) is 1. The van der Waals surface area contributed by atoms with Crippen molar-refractivity contribution < 1.29 is 22.8 Å². The number of hydrogen-bond donors (Lipinski definition) is 2. The summed E-state index contributed by atoms with van der Waals surface area (Å²) < 4.78 is 38.4. The molecule has 0 aliphatic carbocycles. The predicted molar refractivity (Wildman–Crippen MR) is 94.6 cm³/mol. The van der Waals surface area contributed by atoms with E-state index >= 15 is 0 Å². The maximum absolute atomic E-state index is 12.8. The third-order valence-electron chi connectivity index (χ3n) is 3.53. The number of rotatable bonds is 6. The highest BCUT2D eigenvalue weighted by molar-refractivity contribution is 6.31. The van der Waals surface area contributed by atoms with Crippen molar-refractivity contribution in [3.05, 3.63) is 58.6 Å². The van der Waals surface area contributed by atoms with E-state index in [1.165, 1.54) is 13.0 Å². The van der Waals surface area contributed by atoms with Gasteiger partial charge in [-0.25, -0.2) is 0 Å². The molecule has 0 unspecified atom stereocenters. The number of ketones is 1. The Morgan fingerprint density at radius 1 is 1.04 bits per heavy atom. The Hall–Kier alpha value is -2.54. The van der Waals surface area contributed by atoms with Crippen LogP contribution in [0.25, 0.3) is 0 Å². The Labute approximate surface area is 153 Å². The van der Waals surface area contributed by atoms with E-state index < -0.39 is 11.7 Å². The SMILES string of the molecule is CC(=O)c1ccc(NC(=O)CCNc2ccc(Cl)c(C(F)(F)F)c2)cc1. The molecular formula is C18H16ClF3N2O2. The Morgan fingerprint density at radius 3 is 2.23 bits per heavy atom. The first-order chi connectivity index (χ1) is 12.2. The minimum Gasteiger partial charge on any atom is -0.385 e. The lowest BCUT2D eigenvalue weighted by Gasteiger charge is -2.12. The zero-order chi connectivity index (χ0) is 19.3. The van der Waals surface area contributed by atoms with E-state index in [1.54, 1.807) is 24.3 Å². The standard InChI is InChI=1S/C18H16ClF3N2O2/c1-11(25)12-2-4-13(5-3-12)24-17(26)8-9-23-14-6-7-16(19)15(10-14)18(20,21)22/h2-7,10,23H,8-9H2,1H3,(H,24,26). The number of benzene rings is 2. The van der Waals surface area contributed by atoms with Gasteiger partial charge in [0, 0.05) is 29.9 Å². The van der Waals surface area contributed by atoms with Gasteiger partial charge < -0.3 is 10.6 Å². The quantitative estimate of drug-likeness (QED) is 0.689. The van der Waals surface area contributed by atoms with Crippen molar-refractivity contribution in [2.45, 2.75) is 19.5 Å². The van der Waals surface area contributed by atoms with E-state index in [4.69, 9.17) is 11.6 Å². The number of amides is 1. The topological polar surface area (TPSA) is 58.2 Å². The second-order valence-corrected chi connectivity index (χ2v) is 5.96. The van der Waals surface area contributed by atoms with E-state index in [1.807, 2.05) is 0 Å². The predicted octanol–water partition coefficient (Wildman–Crippen LogP) is 5.00. The lowest BCUT2D eigenvalue weighted by molar-refractivity contribution is -0.137. The molecular weight excluding hydrogens is 369 g/mol. The molecule has 2 rings (SSSR count). The average Bonchev–Trinajstić information content (AvgIpc) is 2.56. The van der Waals surface area contributed by atoms with Crippen molar-refractivity contribution in [3.8, 4) is 0 Å². The highest BCUT2D eigenvalue weighted by atomic mass is 35.5. The normalized spacial score (nSPS) is 11.1. The summed E-state index contributed by atoms with van der Waals surface area (Å²) in [5.74, 6) is -0.383. The van der Waals surface area contributed by atoms with Gasteiger partial charge in [0.2, 0.25) is 5.91 Å². The second-order valence-electron chi connectivity index (χ2n) is 5.55. The summed E-state index contributed by atoms with van der Waals surface area (Å²) >= 11 is 5.55. The molecule has 4 nitrogen and oxygen atoms in total. The van der Waals surface area contributed by atoms with Gasteiger partial charge in [-0.3, -0.25) is 9.59 Å². The molecule has 2 aromatic rings. The first kappa shape index (κ1) is 19.8. The van der Waals surface area contributed by atoms with E-state index in [0.717, 1.165) is 12.1 Å². The summed E-state index contributed by atoms with van der Waals surface area (Å²) in [4.78, 5) is 23.1. The maximum atomic E-state index is 12.8. The first-order valence-electron chi connectivity index (χ1n) is 7.68. The molecule has 0 saturated carbocycles. The van der Waals surface area contributed by atoms with Crippen LogP contribution in [0.1, 0.15) is 29.3 Å². The van der Waals surface area contributed by atoms with Crippen LogP contribution in [-0.2, 0) is 11.0 Å². The Bertz CT molecular complexity index is 805. The van der Waals surface area contributed by atoms with Gasteiger partial charge in [0.1, 0.15) is 0 Å². The minimum absolute atomic E-state index is 0.0540.